The second-order valence-electron chi connectivity index (χ2n) is 3.81. The zero-order valence-corrected chi connectivity index (χ0v) is 8.61. The van der Waals surface area contributed by atoms with E-state index in [1.54, 1.807) is 4.90 Å². The molecule has 0 aromatic heterocycles. The molecule has 0 saturated carbocycles. The Kier molecular flexibility index (Phi) is 4.17. The number of nitrogens with zero attached hydrogens (tertiary/aromatic N) is 1. The van der Waals surface area contributed by atoms with Crippen molar-refractivity contribution in [2.45, 2.75) is 25.7 Å². The number of terminal acetylenes is 1. The number of hydrogen-bond acceptors (Lipinski definition) is 2. The Balaban J connectivity index is 2.27. The molecule has 15 heavy (non-hydrogen) atoms. The normalized spacial score (nSPS) is 17.1. The second-order valence-corrected chi connectivity index (χ2v) is 3.81. The van der Waals surface area contributed by atoms with Crippen molar-refractivity contribution in [1.29, 1.82) is 0 Å². The van der Waals surface area contributed by atoms with Crippen LogP contribution in [0.25, 0.3) is 0 Å². The molecule has 0 aliphatic carbocycles. The zero-order valence-electron chi connectivity index (χ0n) is 8.61. The highest BCUT2D eigenvalue weighted by Crippen LogP contribution is 2.21. The first-order valence-electron chi connectivity index (χ1n) is 5.10. The van der Waals surface area contributed by atoms with Gasteiger partial charge in [-0.25, -0.2) is 0 Å². The summed E-state index contributed by atoms with van der Waals surface area (Å²) in [6.45, 7) is 1.32. The van der Waals surface area contributed by atoms with E-state index < -0.39 is 5.97 Å². The molecule has 1 amide bonds. The van der Waals surface area contributed by atoms with Gasteiger partial charge in [-0.3, -0.25) is 9.59 Å². The van der Waals surface area contributed by atoms with E-state index in [0.717, 1.165) is 12.8 Å². The molecule has 1 aliphatic heterocycles. The van der Waals surface area contributed by atoms with Crippen LogP contribution >= 0.6 is 0 Å². The largest absolute Gasteiger partial charge is 0.481 e. The fraction of sp³-hybridized carbons (Fsp3) is 0.636. The number of hydrogen-bond donors (Lipinski definition) is 1. The fourth-order valence-corrected chi connectivity index (χ4v) is 1.84. The summed E-state index contributed by atoms with van der Waals surface area (Å²) in [5.41, 5.74) is 0. The van der Waals surface area contributed by atoms with Crippen LogP contribution in [0.5, 0.6) is 0 Å². The topological polar surface area (TPSA) is 57.6 Å². The average Bonchev–Trinajstić information content (AvgIpc) is 2.26. The summed E-state index contributed by atoms with van der Waals surface area (Å²) in [5, 5.41) is 8.53. The van der Waals surface area contributed by atoms with Crippen LogP contribution in [0.2, 0.25) is 0 Å². The van der Waals surface area contributed by atoms with Gasteiger partial charge in [-0.2, -0.15) is 0 Å². The Morgan fingerprint density at radius 2 is 2.00 bits per heavy atom. The number of carboxylic acids is 1. The highest BCUT2D eigenvalue weighted by atomic mass is 16.4. The van der Waals surface area contributed by atoms with Crippen molar-refractivity contribution in [2.75, 3.05) is 13.1 Å². The van der Waals surface area contributed by atoms with Gasteiger partial charge in [0.1, 0.15) is 0 Å². The molecule has 0 aromatic rings. The SMILES string of the molecule is C#CC(=O)N1CCC(CCC(=O)O)CC1. The lowest BCUT2D eigenvalue weighted by molar-refractivity contribution is -0.137. The van der Waals surface area contributed by atoms with E-state index in [4.69, 9.17) is 11.5 Å². The van der Waals surface area contributed by atoms with E-state index >= 15 is 0 Å². The average molecular weight is 209 g/mol. The third-order valence-corrected chi connectivity index (χ3v) is 2.79. The van der Waals surface area contributed by atoms with Crippen molar-refractivity contribution in [2.24, 2.45) is 5.92 Å². The van der Waals surface area contributed by atoms with E-state index in [0.29, 0.717) is 25.4 Å². The summed E-state index contributed by atoms with van der Waals surface area (Å²) in [5.74, 6) is 1.50. The number of carbonyl (C=O) groups is 2. The maximum Gasteiger partial charge on any atom is 0.303 e. The minimum atomic E-state index is -0.753. The molecule has 4 nitrogen and oxygen atoms in total. The molecule has 1 aliphatic rings. The molecular weight excluding hydrogens is 194 g/mol. The van der Waals surface area contributed by atoms with E-state index in [1.165, 1.54) is 0 Å². The van der Waals surface area contributed by atoms with Gasteiger partial charge in [-0.15, -0.1) is 6.42 Å². The Morgan fingerprint density at radius 1 is 1.40 bits per heavy atom. The van der Waals surface area contributed by atoms with E-state index in [9.17, 15) is 9.59 Å². The molecule has 4 heteroatoms. The van der Waals surface area contributed by atoms with Gasteiger partial charge in [-0.1, -0.05) is 0 Å². The monoisotopic (exact) mass is 209 g/mol. The van der Waals surface area contributed by atoms with Crippen LogP contribution in [0.15, 0.2) is 0 Å². The predicted octanol–water partition coefficient (Wildman–Crippen LogP) is 0.723. The maximum atomic E-state index is 11.1. The smallest absolute Gasteiger partial charge is 0.303 e. The molecule has 1 heterocycles. The lowest BCUT2D eigenvalue weighted by atomic mass is 9.92. The van der Waals surface area contributed by atoms with Crippen LogP contribution in [0.1, 0.15) is 25.7 Å². The molecule has 1 N–H and O–H groups in total. The summed E-state index contributed by atoms with van der Waals surface area (Å²) < 4.78 is 0. The first-order valence-corrected chi connectivity index (χ1v) is 5.10. The molecule has 0 bridgehead atoms. The summed E-state index contributed by atoms with van der Waals surface area (Å²) in [7, 11) is 0. The van der Waals surface area contributed by atoms with Crippen LogP contribution in [-0.4, -0.2) is 35.0 Å². The van der Waals surface area contributed by atoms with Crippen LogP contribution in [0.3, 0.4) is 0 Å². The number of carbonyl (C=O) groups excluding carboxylic acids is 1. The lowest BCUT2D eigenvalue weighted by Gasteiger charge is -2.30. The molecule has 82 valence electrons. The number of piperidine rings is 1. The van der Waals surface area contributed by atoms with Gasteiger partial charge < -0.3 is 10.0 Å². The van der Waals surface area contributed by atoms with Crippen molar-refractivity contribution < 1.29 is 14.7 Å². The van der Waals surface area contributed by atoms with Gasteiger partial charge in [0.05, 0.1) is 0 Å². The van der Waals surface area contributed by atoms with E-state index in [1.807, 2.05) is 0 Å². The fourth-order valence-electron chi connectivity index (χ4n) is 1.84. The standard InChI is InChI=1S/C11H15NO3/c1-2-10(13)12-7-5-9(6-8-12)3-4-11(14)15/h1,9H,3-8H2,(H,14,15). The Morgan fingerprint density at radius 3 is 2.47 bits per heavy atom. The van der Waals surface area contributed by atoms with Crippen LogP contribution < -0.4 is 0 Å². The van der Waals surface area contributed by atoms with Crippen LogP contribution in [-0.2, 0) is 9.59 Å². The molecule has 0 spiro atoms. The summed E-state index contributed by atoms with van der Waals surface area (Å²) in [6.07, 6.45) is 7.66. The van der Waals surface area contributed by atoms with Crippen molar-refractivity contribution >= 4 is 11.9 Å². The number of likely N-dealkylation sites (tertiary alicyclic amines) is 1. The molecule has 0 atom stereocenters. The first kappa shape index (κ1) is 11.6. The third kappa shape index (κ3) is 3.62. The van der Waals surface area contributed by atoms with E-state index in [2.05, 4.69) is 5.92 Å². The Bertz CT molecular complexity index is 285. The van der Waals surface area contributed by atoms with Crippen molar-refractivity contribution in [1.82, 2.24) is 4.90 Å². The van der Waals surface area contributed by atoms with Gasteiger partial charge in [0.15, 0.2) is 0 Å². The van der Waals surface area contributed by atoms with Gasteiger partial charge in [-0.05, 0) is 31.1 Å². The number of carboxylic acid groups (broad SMARTS) is 1. The summed E-state index contributed by atoms with van der Waals surface area (Å²) in [4.78, 5) is 23.2. The molecular formula is C11H15NO3. The number of aliphatic carboxylic acids is 1. The minimum absolute atomic E-state index is 0.216. The van der Waals surface area contributed by atoms with Crippen LogP contribution in [0.4, 0.5) is 0 Å². The molecule has 0 aromatic carbocycles. The predicted molar refractivity (Wildman–Crippen MR) is 55.0 cm³/mol. The summed E-state index contributed by atoms with van der Waals surface area (Å²) >= 11 is 0. The Hall–Kier alpha value is -1.50. The van der Waals surface area contributed by atoms with Gasteiger partial charge in [0.25, 0.3) is 5.91 Å². The minimum Gasteiger partial charge on any atom is -0.481 e. The molecule has 1 fully saturated rings. The molecule has 0 unspecified atom stereocenters. The Labute approximate surface area is 89.3 Å². The molecule has 1 saturated heterocycles. The summed E-state index contributed by atoms with van der Waals surface area (Å²) in [6, 6.07) is 0. The highest BCUT2D eigenvalue weighted by Gasteiger charge is 2.21. The van der Waals surface area contributed by atoms with Gasteiger partial charge in [0, 0.05) is 19.5 Å². The lowest BCUT2D eigenvalue weighted by Crippen LogP contribution is -2.37. The van der Waals surface area contributed by atoms with Crippen molar-refractivity contribution in [3.63, 3.8) is 0 Å². The van der Waals surface area contributed by atoms with Gasteiger partial charge >= 0.3 is 5.97 Å². The third-order valence-electron chi connectivity index (χ3n) is 2.79. The molecule has 0 radical (unpaired) electrons. The van der Waals surface area contributed by atoms with E-state index in [-0.39, 0.29) is 12.3 Å². The van der Waals surface area contributed by atoms with Crippen molar-refractivity contribution in [3.8, 4) is 12.3 Å². The van der Waals surface area contributed by atoms with Crippen molar-refractivity contribution in [3.05, 3.63) is 0 Å². The molecule has 1 rings (SSSR count). The second kappa shape index (κ2) is 5.40. The number of amides is 1. The van der Waals surface area contributed by atoms with Crippen LogP contribution in [0, 0.1) is 18.3 Å². The quantitative estimate of drug-likeness (QED) is 0.697. The number of rotatable bonds is 3. The highest BCUT2D eigenvalue weighted by molar-refractivity contribution is 5.92. The van der Waals surface area contributed by atoms with Gasteiger partial charge in [0.2, 0.25) is 0 Å². The zero-order chi connectivity index (χ0) is 11.3. The maximum absolute atomic E-state index is 11.1. The first-order chi connectivity index (χ1) is 7.13.